The van der Waals surface area contributed by atoms with Gasteiger partial charge in [-0.15, -0.1) is 0 Å². The first-order valence-corrected chi connectivity index (χ1v) is 7.43. The molecule has 2 N–H and O–H groups in total. The molecular formula is C16H22N4O. The van der Waals surface area contributed by atoms with Crippen molar-refractivity contribution in [2.24, 2.45) is 5.92 Å². The number of nitrogens with one attached hydrogen (secondary N) is 2. The van der Waals surface area contributed by atoms with E-state index in [1.807, 2.05) is 31.2 Å². The van der Waals surface area contributed by atoms with Gasteiger partial charge in [-0.3, -0.25) is 4.79 Å². The number of hydrogen-bond acceptors (Lipinski definition) is 4. The topological polar surface area (TPSA) is 66.9 Å². The Kier molecular flexibility index (Phi) is 5.49. The third-order valence-corrected chi connectivity index (χ3v) is 3.43. The van der Waals surface area contributed by atoms with Crippen LogP contribution >= 0.6 is 0 Å². The molecular weight excluding hydrogens is 264 g/mol. The lowest BCUT2D eigenvalue weighted by Crippen LogP contribution is -2.33. The Hall–Kier alpha value is -2.17. The highest BCUT2D eigenvalue weighted by Gasteiger charge is 2.10. The summed E-state index contributed by atoms with van der Waals surface area (Å²) in [5.41, 5.74) is 0.913. The average molecular weight is 286 g/mol. The number of amides is 1. The fraction of sp³-hybridized carbons (Fsp3) is 0.438. The van der Waals surface area contributed by atoms with E-state index < -0.39 is 0 Å². The molecule has 2 aromatic rings. The van der Waals surface area contributed by atoms with Gasteiger partial charge in [-0.05, 0) is 18.6 Å². The third-order valence-electron chi connectivity index (χ3n) is 3.43. The summed E-state index contributed by atoms with van der Waals surface area (Å²) >= 11 is 0. The highest BCUT2D eigenvalue weighted by Crippen LogP contribution is 2.17. The van der Waals surface area contributed by atoms with Crippen LogP contribution in [0.15, 0.2) is 30.6 Å². The number of fused-ring (bicyclic) bond motifs is 1. The Morgan fingerprint density at radius 1 is 1.24 bits per heavy atom. The Morgan fingerprint density at radius 3 is 2.86 bits per heavy atom. The molecule has 1 aromatic carbocycles. The minimum Gasteiger partial charge on any atom is -0.368 e. The van der Waals surface area contributed by atoms with Crippen LogP contribution in [-0.4, -0.2) is 29.0 Å². The second-order valence-corrected chi connectivity index (χ2v) is 5.15. The van der Waals surface area contributed by atoms with Crippen LogP contribution in [-0.2, 0) is 4.79 Å². The lowest BCUT2D eigenvalue weighted by atomic mass is 10.1. The summed E-state index contributed by atoms with van der Waals surface area (Å²) in [5, 5.41) is 7.18. The maximum absolute atomic E-state index is 11.8. The number of para-hydroxylation sites is 1. The number of rotatable bonds is 7. The van der Waals surface area contributed by atoms with Crippen LogP contribution in [0, 0.1) is 5.92 Å². The van der Waals surface area contributed by atoms with Gasteiger partial charge in [0.1, 0.15) is 12.1 Å². The Bertz CT molecular complexity index is 594. The zero-order chi connectivity index (χ0) is 15.1. The summed E-state index contributed by atoms with van der Waals surface area (Å²) < 4.78 is 0. The van der Waals surface area contributed by atoms with Crippen molar-refractivity contribution in [2.75, 3.05) is 18.4 Å². The van der Waals surface area contributed by atoms with Crippen molar-refractivity contribution in [2.45, 2.75) is 26.7 Å². The first-order valence-electron chi connectivity index (χ1n) is 7.43. The number of anilines is 1. The first kappa shape index (κ1) is 15.2. The summed E-state index contributed by atoms with van der Waals surface area (Å²) in [6.07, 6.45) is 3.50. The van der Waals surface area contributed by atoms with Gasteiger partial charge in [0.05, 0.1) is 5.52 Å². The fourth-order valence-corrected chi connectivity index (χ4v) is 2.25. The maximum Gasteiger partial charge on any atom is 0.222 e. The Labute approximate surface area is 125 Å². The van der Waals surface area contributed by atoms with Gasteiger partial charge in [-0.25, -0.2) is 9.97 Å². The van der Waals surface area contributed by atoms with E-state index in [2.05, 4.69) is 27.5 Å². The van der Waals surface area contributed by atoms with E-state index in [4.69, 9.17) is 0 Å². The number of hydrogen-bond donors (Lipinski definition) is 2. The van der Waals surface area contributed by atoms with Crippen molar-refractivity contribution in [1.82, 2.24) is 15.3 Å². The van der Waals surface area contributed by atoms with Crippen LogP contribution in [0.3, 0.4) is 0 Å². The maximum atomic E-state index is 11.8. The number of benzene rings is 1. The highest BCUT2D eigenvalue weighted by atomic mass is 16.1. The normalized spacial score (nSPS) is 12.1. The van der Waals surface area contributed by atoms with Gasteiger partial charge >= 0.3 is 0 Å². The minimum atomic E-state index is 0.0786. The van der Waals surface area contributed by atoms with E-state index >= 15 is 0 Å². The van der Waals surface area contributed by atoms with Gasteiger partial charge in [0, 0.05) is 24.4 Å². The molecule has 0 radical (unpaired) electrons. The third kappa shape index (κ3) is 4.15. The molecule has 1 amide bonds. The molecule has 0 saturated carbocycles. The average Bonchev–Trinajstić information content (AvgIpc) is 2.51. The Morgan fingerprint density at radius 2 is 2.05 bits per heavy atom. The zero-order valence-corrected chi connectivity index (χ0v) is 12.6. The summed E-state index contributed by atoms with van der Waals surface area (Å²) in [6, 6.07) is 7.86. The summed E-state index contributed by atoms with van der Waals surface area (Å²) in [5.74, 6) is 0.998. The van der Waals surface area contributed by atoms with Gasteiger partial charge < -0.3 is 10.6 Å². The van der Waals surface area contributed by atoms with Crippen molar-refractivity contribution in [1.29, 1.82) is 0 Å². The molecule has 21 heavy (non-hydrogen) atoms. The molecule has 0 spiro atoms. The monoisotopic (exact) mass is 286 g/mol. The number of carbonyl (C=O) groups excluding carboxylic acids is 1. The molecule has 0 bridgehead atoms. The molecule has 0 aliphatic heterocycles. The van der Waals surface area contributed by atoms with Gasteiger partial charge in [0.15, 0.2) is 0 Å². The molecule has 0 saturated heterocycles. The second kappa shape index (κ2) is 7.57. The van der Waals surface area contributed by atoms with Gasteiger partial charge in [0.2, 0.25) is 5.91 Å². The van der Waals surface area contributed by atoms with E-state index in [0.717, 1.165) is 29.6 Å². The molecule has 5 nitrogen and oxygen atoms in total. The predicted octanol–water partition coefficient (Wildman–Crippen LogP) is 2.59. The summed E-state index contributed by atoms with van der Waals surface area (Å²) in [4.78, 5) is 20.3. The van der Waals surface area contributed by atoms with E-state index in [1.54, 1.807) is 6.33 Å². The van der Waals surface area contributed by atoms with Crippen molar-refractivity contribution in [3.05, 3.63) is 30.6 Å². The van der Waals surface area contributed by atoms with Crippen LogP contribution in [0.1, 0.15) is 26.7 Å². The standard InChI is InChI=1S/C16H22N4O/c1-3-6-12(2)16(21)18-10-9-17-15-13-7-4-5-8-14(13)19-11-20-15/h4-5,7-8,11-12H,3,6,9-10H2,1-2H3,(H,18,21)(H,17,19,20)/t12-/m1/s1. The molecule has 1 aromatic heterocycles. The quantitative estimate of drug-likeness (QED) is 0.768. The number of carbonyl (C=O) groups is 1. The molecule has 0 aliphatic rings. The Balaban J connectivity index is 1.84. The lowest BCUT2D eigenvalue weighted by Gasteiger charge is -2.12. The summed E-state index contributed by atoms with van der Waals surface area (Å²) in [6.45, 7) is 5.28. The van der Waals surface area contributed by atoms with Crippen molar-refractivity contribution >= 4 is 22.6 Å². The van der Waals surface area contributed by atoms with Gasteiger partial charge in [0.25, 0.3) is 0 Å². The molecule has 2 rings (SSSR count). The van der Waals surface area contributed by atoms with Gasteiger partial charge in [-0.2, -0.15) is 0 Å². The SMILES string of the molecule is CCC[C@@H](C)C(=O)NCCNc1ncnc2ccccc12. The van der Waals surface area contributed by atoms with E-state index in [9.17, 15) is 4.79 Å². The van der Waals surface area contributed by atoms with Crippen LogP contribution in [0.5, 0.6) is 0 Å². The molecule has 0 aliphatic carbocycles. The van der Waals surface area contributed by atoms with Gasteiger partial charge in [-0.1, -0.05) is 32.4 Å². The molecule has 1 heterocycles. The zero-order valence-electron chi connectivity index (χ0n) is 12.6. The van der Waals surface area contributed by atoms with Crippen molar-refractivity contribution < 1.29 is 4.79 Å². The number of nitrogens with zero attached hydrogens (tertiary/aromatic N) is 2. The summed E-state index contributed by atoms with van der Waals surface area (Å²) in [7, 11) is 0. The molecule has 0 unspecified atom stereocenters. The van der Waals surface area contributed by atoms with Crippen LogP contribution in [0.4, 0.5) is 5.82 Å². The first-order chi connectivity index (χ1) is 10.2. The predicted molar refractivity (Wildman–Crippen MR) is 85.1 cm³/mol. The largest absolute Gasteiger partial charge is 0.368 e. The van der Waals surface area contributed by atoms with E-state index in [0.29, 0.717) is 13.1 Å². The van der Waals surface area contributed by atoms with Crippen molar-refractivity contribution in [3.63, 3.8) is 0 Å². The van der Waals surface area contributed by atoms with Crippen LogP contribution < -0.4 is 10.6 Å². The van der Waals surface area contributed by atoms with Crippen LogP contribution in [0.25, 0.3) is 10.9 Å². The molecule has 5 heteroatoms. The second-order valence-electron chi connectivity index (χ2n) is 5.15. The lowest BCUT2D eigenvalue weighted by molar-refractivity contribution is -0.124. The molecule has 0 fully saturated rings. The molecule has 112 valence electrons. The highest BCUT2D eigenvalue weighted by molar-refractivity contribution is 5.88. The molecule has 1 atom stereocenters. The number of aromatic nitrogens is 2. The minimum absolute atomic E-state index is 0.0786. The van der Waals surface area contributed by atoms with Crippen LogP contribution in [0.2, 0.25) is 0 Å². The van der Waals surface area contributed by atoms with Crippen molar-refractivity contribution in [3.8, 4) is 0 Å². The smallest absolute Gasteiger partial charge is 0.222 e. The fourth-order valence-electron chi connectivity index (χ4n) is 2.25. The van der Waals surface area contributed by atoms with E-state index in [-0.39, 0.29) is 11.8 Å². The van der Waals surface area contributed by atoms with E-state index in [1.165, 1.54) is 0 Å².